The number of benzene rings is 1. The molecule has 1 atom stereocenters. The molecule has 1 aromatic carbocycles. The molecular formula is C18H19F3N5O+. The lowest BCUT2D eigenvalue weighted by molar-refractivity contribution is 0.300. The molecule has 0 saturated carbocycles. The van der Waals surface area contributed by atoms with E-state index >= 15 is 0 Å². The van der Waals surface area contributed by atoms with Gasteiger partial charge in [-0.15, -0.1) is 4.59 Å². The Morgan fingerprint density at radius 1 is 1.15 bits per heavy atom. The molecule has 2 aromatic rings. The van der Waals surface area contributed by atoms with Crippen molar-refractivity contribution >= 4 is 23.2 Å². The number of hydrogen-bond donors (Lipinski definition) is 2. The van der Waals surface area contributed by atoms with Crippen molar-refractivity contribution in [2.75, 3.05) is 18.5 Å². The number of guanidine groups is 1. The number of aliphatic imine (C=N–C) groups is 1. The lowest BCUT2D eigenvalue weighted by atomic mass is 10.2. The maximum absolute atomic E-state index is 14.0. The van der Waals surface area contributed by atoms with Crippen molar-refractivity contribution in [3.8, 4) is 0 Å². The van der Waals surface area contributed by atoms with Crippen LogP contribution >= 0.6 is 0 Å². The van der Waals surface area contributed by atoms with Gasteiger partial charge >= 0.3 is 0 Å². The Kier molecular flexibility index (Phi) is 5.24. The van der Waals surface area contributed by atoms with Crippen LogP contribution in [0.5, 0.6) is 0 Å². The summed E-state index contributed by atoms with van der Waals surface area (Å²) in [6, 6.07) is 5.53. The molecule has 1 aromatic heterocycles. The van der Waals surface area contributed by atoms with Gasteiger partial charge < -0.3 is 10.4 Å². The molecule has 0 fully saturated rings. The second kappa shape index (κ2) is 7.45. The Bertz CT molecular complexity index is 931. The first-order valence-corrected chi connectivity index (χ1v) is 8.42. The number of anilines is 1. The fourth-order valence-electron chi connectivity index (χ4n) is 2.99. The first-order chi connectivity index (χ1) is 12.9. The van der Waals surface area contributed by atoms with E-state index in [1.807, 2.05) is 19.9 Å². The number of quaternary nitrogens is 1. The minimum absolute atomic E-state index is 0.0302. The second-order valence-electron chi connectivity index (χ2n) is 6.01. The van der Waals surface area contributed by atoms with Gasteiger partial charge in [0.1, 0.15) is 6.54 Å². The summed E-state index contributed by atoms with van der Waals surface area (Å²) < 4.78 is 40.6. The van der Waals surface area contributed by atoms with Crippen LogP contribution in [0, 0.1) is 24.4 Å². The van der Waals surface area contributed by atoms with Crippen molar-refractivity contribution < 1.29 is 18.3 Å². The van der Waals surface area contributed by atoms with Crippen LogP contribution in [-0.4, -0.2) is 35.0 Å². The van der Waals surface area contributed by atoms with Crippen molar-refractivity contribution in [3.05, 3.63) is 53.6 Å². The third-order valence-corrected chi connectivity index (χ3v) is 4.31. The van der Waals surface area contributed by atoms with E-state index in [-0.39, 0.29) is 29.3 Å². The number of amidine groups is 1. The number of halogens is 3. The lowest BCUT2D eigenvalue weighted by Crippen LogP contribution is -2.47. The van der Waals surface area contributed by atoms with Crippen molar-refractivity contribution in [1.82, 2.24) is 9.58 Å². The molecule has 0 spiro atoms. The maximum atomic E-state index is 14.0. The SMILES string of the molecule is CC[N@@+]1(c2ccnc(C)c2)N=C(Nc2ccc(F)c(F)c2F)N=C1CCO. The summed E-state index contributed by atoms with van der Waals surface area (Å²) in [6.45, 7) is 4.07. The lowest BCUT2D eigenvalue weighted by Gasteiger charge is -2.27. The van der Waals surface area contributed by atoms with Crippen LogP contribution in [-0.2, 0) is 0 Å². The summed E-state index contributed by atoms with van der Waals surface area (Å²) in [6.07, 6.45) is 1.89. The topological polar surface area (TPSA) is 69.9 Å². The Morgan fingerprint density at radius 2 is 1.93 bits per heavy atom. The number of pyridine rings is 1. The summed E-state index contributed by atoms with van der Waals surface area (Å²) >= 11 is 0. The van der Waals surface area contributed by atoms with E-state index in [9.17, 15) is 18.3 Å². The predicted octanol–water partition coefficient (Wildman–Crippen LogP) is 3.31. The molecule has 1 aliphatic heterocycles. The highest BCUT2D eigenvalue weighted by Gasteiger charge is 2.42. The Hall–Kier alpha value is -2.78. The highest BCUT2D eigenvalue weighted by molar-refractivity contribution is 6.10. The number of nitrogens with one attached hydrogen (secondary N) is 1. The molecule has 0 aliphatic carbocycles. The molecule has 0 amide bonds. The average Bonchev–Trinajstić information content (AvgIpc) is 3.01. The van der Waals surface area contributed by atoms with Gasteiger partial charge in [0, 0.05) is 24.0 Å². The Morgan fingerprint density at radius 3 is 2.59 bits per heavy atom. The average molecular weight is 378 g/mol. The van der Waals surface area contributed by atoms with Crippen LogP contribution < -0.4 is 9.91 Å². The summed E-state index contributed by atoms with van der Waals surface area (Å²) in [5.41, 5.74) is 1.28. The van der Waals surface area contributed by atoms with E-state index in [0.717, 1.165) is 23.5 Å². The fourth-order valence-corrected chi connectivity index (χ4v) is 2.99. The molecule has 0 saturated heterocycles. The summed E-state index contributed by atoms with van der Waals surface area (Å²) in [4.78, 5) is 8.54. The molecule has 142 valence electrons. The minimum Gasteiger partial charge on any atom is -0.396 e. The van der Waals surface area contributed by atoms with E-state index in [0.29, 0.717) is 12.4 Å². The first-order valence-electron chi connectivity index (χ1n) is 8.42. The molecule has 9 heteroatoms. The van der Waals surface area contributed by atoms with Gasteiger partial charge in [0.15, 0.2) is 23.1 Å². The molecule has 2 heterocycles. The zero-order chi connectivity index (χ0) is 19.6. The van der Waals surface area contributed by atoms with Gasteiger partial charge in [0.2, 0.25) is 5.84 Å². The molecule has 0 bridgehead atoms. The summed E-state index contributed by atoms with van der Waals surface area (Å²) in [7, 11) is 0. The number of aryl methyl sites for hydroxylation is 1. The Labute approximate surface area is 154 Å². The van der Waals surface area contributed by atoms with Gasteiger partial charge in [0.25, 0.3) is 5.96 Å². The zero-order valence-electron chi connectivity index (χ0n) is 14.9. The number of nitrogens with zero attached hydrogens (tertiary/aromatic N) is 4. The van der Waals surface area contributed by atoms with Gasteiger partial charge in [-0.25, -0.2) is 13.2 Å². The van der Waals surface area contributed by atoms with E-state index in [1.165, 1.54) is 0 Å². The molecule has 1 aliphatic rings. The molecule has 6 nitrogen and oxygen atoms in total. The largest absolute Gasteiger partial charge is 0.396 e. The minimum atomic E-state index is -1.57. The Balaban J connectivity index is 2.04. The summed E-state index contributed by atoms with van der Waals surface area (Å²) in [5, 5.41) is 16.6. The van der Waals surface area contributed by atoms with Crippen molar-refractivity contribution in [3.63, 3.8) is 0 Å². The van der Waals surface area contributed by atoms with Crippen LogP contribution in [0.1, 0.15) is 19.0 Å². The molecule has 0 radical (unpaired) electrons. The third-order valence-electron chi connectivity index (χ3n) is 4.31. The monoisotopic (exact) mass is 378 g/mol. The number of aliphatic hydroxyl groups is 1. The summed E-state index contributed by atoms with van der Waals surface area (Å²) in [5.74, 6) is -3.62. The predicted molar refractivity (Wildman–Crippen MR) is 97.8 cm³/mol. The quantitative estimate of drug-likeness (QED) is 0.620. The van der Waals surface area contributed by atoms with Crippen molar-refractivity contribution in [2.45, 2.75) is 20.3 Å². The van der Waals surface area contributed by atoms with Gasteiger partial charge in [-0.1, -0.05) is 0 Å². The smallest absolute Gasteiger partial charge is 0.286 e. The highest BCUT2D eigenvalue weighted by atomic mass is 19.2. The van der Waals surface area contributed by atoms with Gasteiger partial charge in [-0.05, 0) is 31.1 Å². The molecule has 3 rings (SSSR count). The molecule has 0 unspecified atom stereocenters. The van der Waals surface area contributed by atoms with E-state index < -0.39 is 17.5 Å². The van der Waals surface area contributed by atoms with E-state index in [2.05, 4.69) is 20.4 Å². The van der Waals surface area contributed by atoms with Crippen LogP contribution in [0.4, 0.5) is 24.5 Å². The van der Waals surface area contributed by atoms with Gasteiger partial charge in [-0.3, -0.25) is 4.98 Å². The number of hydrogen-bond acceptors (Lipinski definition) is 5. The normalized spacial score (nSPS) is 19.0. The van der Waals surface area contributed by atoms with Crippen LogP contribution in [0.15, 0.2) is 40.6 Å². The number of aliphatic hydroxyl groups excluding tert-OH is 1. The van der Waals surface area contributed by atoms with Crippen LogP contribution in [0.2, 0.25) is 0 Å². The number of rotatable bonds is 5. The standard InChI is InChI=1S/C18H19F3N5O/c1-3-26(12-6-8-22-11(2)10-12)15(7-9-27)24-18(25-26)23-14-5-4-13(19)16(20)17(14)21/h4-6,8,10,27H,3,7,9H2,1-2H3,(H,23,25)/q+1/t26-/m0/s1. The molecular weight excluding hydrogens is 359 g/mol. The first kappa shape index (κ1) is 19.0. The van der Waals surface area contributed by atoms with Gasteiger partial charge in [-0.2, -0.15) is 4.99 Å². The van der Waals surface area contributed by atoms with E-state index in [4.69, 9.17) is 0 Å². The third kappa shape index (κ3) is 3.43. The van der Waals surface area contributed by atoms with Crippen LogP contribution in [0.3, 0.4) is 0 Å². The highest BCUT2D eigenvalue weighted by Crippen LogP contribution is 2.30. The maximum Gasteiger partial charge on any atom is 0.286 e. The van der Waals surface area contributed by atoms with Crippen molar-refractivity contribution in [1.29, 1.82) is 0 Å². The number of aromatic nitrogens is 1. The molecule has 2 N–H and O–H groups in total. The zero-order valence-corrected chi connectivity index (χ0v) is 14.9. The van der Waals surface area contributed by atoms with Crippen molar-refractivity contribution in [2.24, 2.45) is 10.1 Å². The van der Waals surface area contributed by atoms with Crippen LogP contribution in [0.25, 0.3) is 0 Å². The fraction of sp³-hybridized carbons (Fsp3) is 0.278. The van der Waals surface area contributed by atoms with Gasteiger partial charge in [0.05, 0.1) is 18.7 Å². The van der Waals surface area contributed by atoms with E-state index in [1.54, 1.807) is 12.3 Å². The molecule has 27 heavy (non-hydrogen) atoms. The second-order valence-corrected chi connectivity index (χ2v) is 6.01.